The monoisotopic (exact) mass is 384 g/mol. The second-order valence-electron chi connectivity index (χ2n) is 8.93. The lowest BCUT2D eigenvalue weighted by Gasteiger charge is -2.30. The minimum Gasteiger partial charge on any atom is -0.323 e. The van der Waals surface area contributed by atoms with Crippen LogP contribution in [0.4, 0.5) is 0 Å². The number of unbranched alkanes of at least 4 members (excludes halogenated alkanes) is 10. The van der Waals surface area contributed by atoms with Gasteiger partial charge in [0, 0.05) is 18.0 Å². The molecule has 156 valence electrons. The van der Waals surface area contributed by atoms with Gasteiger partial charge in [-0.15, -0.1) is 0 Å². The van der Waals surface area contributed by atoms with Crippen LogP contribution < -0.4 is 0 Å². The molecule has 0 unspecified atom stereocenters. The van der Waals surface area contributed by atoms with Gasteiger partial charge in [0.05, 0.1) is 7.14 Å². The van der Waals surface area contributed by atoms with Gasteiger partial charge in [-0.05, 0) is 25.7 Å². The van der Waals surface area contributed by atoms with Gasteiger partial charge in [-0.25, -0.2) is 0 Å². The molecule has 26 heavy (non-hydrogen) atoms. The molecule has 0 atom stereocenters. The minimum absolute atomic E-state index is 0.578. The maximum absolute atomic E-state index is 14.0. The molecule has 0 heterocycles. The Morgan fingerprint density at radius 1 is 0.577 bits per heavy atom. The van der Waals surface area contributed by atoms with E-state index in [1.54, 1.807) is 0 Å². The molecule has 0 amide bonds. The SMILES string of the molecule is CCCCCCCCP(=O)(CCCCCCCC)C1CCCCCCC1. The molecule has 1 fully saturated rings. The highest BCUT2D eigenvalue weighted by Gasteiger charge is 2.31. The van der Waals surface area contributed by atoms with E-state index in [9.17, 15) is 4.57 Å². The van der Waals surface area contributed by atoms with Crippen LogP contribution in [-0.2, 0) is 4.57 Å². The highest BCUT2D eigenvalue weighted by Crippen LogP contribution is 2.56. The Hall–Kier alpha value is 0.230. The number of rotatable bonds is 15. The first-order chi connectivity index (χ1) is 12.7. The van der Waals surface area contributed by atoms with E-state index in [0.717, 1.165) is 12.3 Å². The minimum atomic E-state index is -1.95. The Labute approximate surface area is 165 Å². The molecule has 1 nitrogen and oxygen atoms in total. The number of hydrogen-bond donors (Lipinski definition) is 0. The standard InChI is InChI=1S/C24H49OP/c1-3-5-7-9-14-18-22-26(25,23-19-15-10-8-6-4-2)24-20-16-12-11-13-17-21-24/h24H,3-23H2,1-2H3. The zero-order chi connectivity index (χ0) is 18.9. The topological polar surface area (TPSA) is 17.1 Å². The normalized spacial score (nSPS) is 17.2. The maximum Gasteiger partial charge on any atom is 0.0906 e. The van der Waals surface area contributed by atoms with E-state index in [-0.39, 0.29) is 0 Å². The average Bonchev–Trinajstić information content (AvgIpc) is 2.60. The molecular formula is C24H49OP. The molecule has 1 saturated carbocycles. The van der Waals surface area contributed by atoms with E-state index in [1.807, 2.05) is 0 Å². The quantitative estimate of drug-likeness (QED) is 0.203. The molecule has 0 N–H and O–H groups in total. The smallest absolute Gasteiger partial charge is 0.0906 e. The van der Waals surface area contributed by atoms with Crippen molar-refractivity contribution in [1.82, 2.24) is 0 Å². The van der Waals surface area contributed by atoms with Crippen LogP contribution in [0.1, 0.15) is 136 Å². The summed E-state index contributed by atoms with van der Waals surface area (Å²) in [5.74, 6) is 0. The summed E-state index contributed by atoms with van der Waals surface area (Å²) < 4.78 is 14.0. The Morgan fingerprint density at radius 2 is 0.962 bits per heavy atom. The van der Waals surface area contributed by atoms with Crippen LogP contribution in [0.3, 0.4) is 0 Å². The van der Waals surface area contributed by atoms with E-state index in [2.05, 4.69) is 13.8 Å². The predicted molar refractivity (Wildman–Crippen MR) is 120 cm³/mol. The summed E-state index contributed by atoms with van der Waals surface area (Å²) in [5, 5.41) is 0. The van der Waals surface area contributed by atoms with Crippen molar-refractivity contribution in [2.45, 2.75) is 142 Å². The van der Waals surface area contributed by atoms with Crippen molar-refractivity contribution in [1.29, 1.82) is 0 Å². The van der Waals surface area contributed by atoms with E-state index >= 15 is 0 Å². The van der Waals surface area contributed by atoms with E-state index in [4.69, 9.17) is 0 Å². The van der Waals surface area contributed by atoms with Crippen LogP contribution in [0.25, 0.3) is 0 Å². The average molecular weight is 385 g/mol. The molecule has 0 saturated heterocycles. The second-order valence-corrected chi connectivity index (χ2v) is 12.5. The van der Waals surface area contributed by atoms with Gasteiger partial charge in [-0.3, -0.25) is 0 Å². The summed E-state index contributed by atoms with van der Waals surface area (Å²) in [6.45, 7) is 4.56. The molecule has 0 aromatic rings. The molecule has 1 aliphatic rings. The van der Waals surface area contributed by atoms with Gasteiger partial charge in [0.2, 0.25) is 0 Å². The van der Waals surface area contributed by atoms with Gasteiger partial charge in [-0.1, -0.05) is 110 Å². The fraction of sp³-hybridized carbons (Fsp3) is 1.00. The van der Waals surface area contributed by atoms with Crippen LogP contribution in [0, 0.1) is 0 Å². The lowest BCUT2D eigenvalue weighted by Crippen LogP contribution is -2.16. The van der Waals surface area contributed by atoms with E-state index < -0.39 is 7.14 Å². The zero-order valence-corrected chi connectivity index (χ0v) is 19.2. The molecule has 0 radical (unpaired) electrons. The third-order valence-electron chi connectivity index (χ3n) is 6.52. The molecule has 0 aromatic carbocycles. The number of hydrogen-bond acceptors (Lipinski definition) is 1. The van der Waals surface area contributed by atoms with Crippen LogP contribution in [0.15, 0.2) is 0 Å². The fourth-order valence-corrected chi connectivity index (χ4v) is 8.48. The van der Waals surface area contributed by atoms with Crippen molar-refractivity contribution >= 4 is 7.14 Å². The first kappa shape index (κ1) is 24.3. The Balaban J connectivity index is 2.45. The molecular weight excluding hydrogens is 335 g/mol. The van der Waals surface area contributed by atoms with Crippen molar-refractivity contribution < 1.29 is 4.57 Å². The van der Waals surface area contributed by atoms with Crippen LogP contribution in [0.2, 0.25) is 0 Å². The summed E-state index contributed by atoms with van der Waals surface area (Å²) in [6.07, 6.45) is 27.4. The summed E-state index contributed by atoms with van der Waals surface area (Å²) in [7, 11) is -1.95. The third kappa shape index (κ3) is 11.2. The van der Waals surface area contributed by atoms with Crippen LogP contribution in [0.5, 0.6) is 0 Å². The van der Waals surface area contributed by atoms with Crippen molar-refractivity contribution in [3.63, 3.8) is 0 Å². The summed E-state index contributed by atoms with van der Waals surface area (Å²) >= 11 is 0. The Bertz CT molecular complexity index is 324. The first-order valence-electron chi connectivity index (χ1n) is 12.3. The van der Waals surface area contributed by atoms with Gasteiger partial charge in [-0.2, -0.15) is 0 Å². The molecule has 0 aliphatic heterocycles. The summed E-state index contributed by atoms with van der Waals surface area (Å²) in [4.78, 5) is 0. The lowest BCUT2D eigenvalue weighted by atomic mass is 10.0. The predicted octanol–water partition coefficient (Wildman–Crippen LogP) is 9.18. The zero-order valence-electron chi connectivity index (χ0n) is 18.3. The Morgan fingerprint density at radius 3 is 1.42 bits per heavy atom. The van der Waals surface area contributed by atoms with Crippen molar-refractivity contribution in [3.8, 4) is 0 Å². The van der Waals surface area contributed by atoms with Gasteiger partial charge in [0.25, 0.3) is 0 Å². The van der Waals surface area contributed by atoms with Crippen LogP contribution >= 0.6 is 7.14 Å². The molecule has 0 spiro atoms. The first-order valence-corrected chi connectivity index (χ1v) is 14.5. The van der Waals surface area contributed by atoms with E-state index in [0.29, 0.717) is 5.66 Å². The lowest BCUT2D eigenvalue weighted by molar-refractivity contribution is 0.482. The largest absolute Gasteiger partial charge is 0.323 e. The Kier molecular flexibility index (Phi) is 15.1. The molecule has 0 bridgehead atoms. The molecule has 1 rings (SSSR count). The molecule has 0 aromatic heterocycles. The van der Waals surface area contributed by atoms with Gasteiger partial charge in [0.15, 0.2) is 0 Å². The molecule has 2 heteroatoms. The third-order valence-corrected chi connectivity index (χ3v) is 10.5. The second kappa shape index (κ2) is 16.2. The van der Waals surface area contributed by atoms with E-state index in [1.165, 1.54) is 122 Å². The molecule has 1 aliphatic carbocycles. The van der Waals surface area contributed by atoms with Gasteiger partial charge >= 0.3 is 0 Å². The van der Waals surface area contributed by atoms with Gasteiger partial charge < -0.3 is 4.57 Å². The van der Waals surface area contributed by atoms with Crippen molar-refractivity contribution in [2.24, 2.45) is 0 Å². The van der Waals surface area contributed by atoms with Crippen molar-refractivity contribution in [3.05, 3.63) is 0 Å². The van der Waals surface area contributed by atoms with Gasteiger partial charge in [0.1, 0.15) is 0 Å². The maximum atomic E-state index is 14.0. The highest BCUT2D eigenvalue weighted by molar-refractivity contribution is 7.64. The van der Waals surface area contributed by atoms with Crippen molar-refractivity contribution in [2.75, 3.05) is 12.3 Å². The summed E-state index contributed by atoms with van der Waals surface area (Å²) in [6, 6.07) is 0. The highest BCUT2D eigenvalue weighted by atomic mass is 31.2. The summed E-state index contributed by atoms with van der Waals surface area (Å²) in [5.41, 5.74) is 0.578. The van der Waals surface area contributed by atoms with Crippen LogP contribution in [-0.4, -0.2) is 18.0 Å². The fourth-order valence-electron chi connectivity index (χ4n) is 4.70.